The molecule has 2 amide bonds. The van der Waals surface area contributed by atoms with Crippen LogP contribution in [0.4, 0.5) is 5.82 Å². The molecule has 4 N–H and O–H groups in total. The molecule has 9 heteroatoms. The molecule has 0 bridgehead atoms. The highest BCUT2D eigenvalue weighted by Gasteiger charge is 2.31. The first-order valence-corrected chi connectivity index (χ1v) is 10.9. The van der Waals surface area contributed by atoms with Gasteiger partial charge in [0, 0.05) is 31.8 Å². The molecule has 176 valence electrons. The number of amides is 2. The number of carbonyl (C=O) groups excluding carboxylic acids is 2. The Morgan fingerprint density at radius 3 is 2.50 bits per heavy atom. The van der Waals surface area contributed by atoms with E-state index in [0.717, 1.165) is 5.75 Å². The summed E-state index contributed by atoms with van der Waals surface area (Å²) >= 11 is 0. The smallest absolute Gasteiger partial charge is 0.254 e. The first-order valence-electron chi connectivity index (χ1n) is 10.9. The number of ether oxygens (including phenoxy) is 2. The quantitative estimate of drug-likeness (QED) is 0.497. The van der Waals surface area contributed by atoms with Crippen LogP contribution in [0.1, 0.15) is 22.8 Å². The van der Waals surface area contributed by atoms with Crippen LogP contribution in [0, 0.1) is 0 Å². The van der Waals surface area contributed by atoms with E-state index < -0.39 is 5.91 Å². The fraction of sp³-hybridized carbons (Fsp3) is 0.240. The number of aromatic nitrogens is 2. The van der Waals surface area contributed by atoms with Gasteiger partial charge in [-0.15, -0.1) is 0 Å². The number of nitrogens with two attached hydrogens (primary N) is 2. The Kier molecular flexibility index (Phi) is 6.93. The maximum Gasteiger partial charge on any atom is 0.254 e. The van der Waals surface area contributed by atoms with Gasteiger partial charge in [-0.25, -0.2) is 4.68 Å². The fourth-order valence-corrected chi connectivity index (χ4v) is 3.97. The van der Waals surface area contributed by atoms with Crippen LogP contribution in [-0.2, 0) is 9.53 Å². The molecule has 1 fully saturated rings. The van der Waals surface area contributed by atoms with Crippen molar-refractivity contribution in [1.82, 2.24) is 14.7 Å². The van der Waals surface area contributed by atoms with E-state index in [-0.39, 0.29) is 23.3 Å². The predicted octanol–water partition coefficient (Wildman–Crippen LogP) is 3.00. The molecular formula is C25H27N5O4. The summed E-state index contributed by atoms with van der Waals surface area (Å²) in [4.78, 5) is 26.4. The number of benzene rings is 2. The molecule has 1 unspecified atom stereocenters. The number of nitrogen functional groups attached to an aromatic ring is 1. The van der Waals surface area contributed by atoms with Crippen molar-refractivity contribution in [2.75, 3.05) is 32.5 Å². The van der Waals surface area contributed by atoms with E-state index in [9.17, 15) is 9.59 Å². The highest BCUT2D eigenvalue weighted by Crippen LogP contribution is 2.33. The van der Waals surface area contributed by atoms with E-state index >= 15 is 0 Å². The van der Waals surface area contributed by atoms with Gasteiger partial charge in [0.15, 0.2) is 0 Å². The van der Waals surface area contributed by atoms with Crippen LogP contribution >= 0.6 is 0 Å². The Labute approximate surface area is 197 Å². The van der Waals surface area contributed by atoms with Crippen LogP contribution in [0.15, 0.2) is 66.7 Å². The highest BCUT2D eigenvalue weighted by molar-refractivity contribution is 6.03. The third-order valence-electron chi connectivity index (χ3n) is 5.64. The molecular weight excluding hydrogens is 434 g/mol. The molecule has 1 aromatic heterocycles. The Hall–Kier alpha value is -4.11. The second-order valence-corrected chi connectivity index (χ2v) is 7.94. The number of likely N-dealkylation sites (tertiary alicyclic amines) is 1. The maximum absolute atomic E-state index is 12.4. The number of hydrogen-bond donors (Lipinski definition) is 2. The Balaban J connectivity index is 1.55. The van der Waals surface area contributed by atoms with Crippen LogP contribution in [0.5, 0.6) is 11.5 Å². The van der Waals surface area contributed by atoms with Gasteiger partial charge in [-0.1, -0.05) is 24.3 Å². The summed E-state index contributed by atoms with van der Waals surface area (Å²) in [5.41, 5.74) is 13.2. The van der Waals surface area contributed by atoms with Crippen molar-refractivity contribution >= 4 is 17.6 Å². The topological polar surface area (TPSA) is 126 Å². The van der Waals surface area contributed by atoms with Crippen molar-refractivity contribution in [3.63, 3.8) is 0 Å². The van der Waals surface area contributed by atoms with Gasteiger partial charge in [0.05, 0.1) is 12.6 Å². The Morgan fingerprint density at radius 1 is 1.12 bits per heavy atom. The lowest BCUT2D eigenvalue weighted by Crippen LogP contribution is -2.28. The van der Waals surface area contributed by atoms with E-state index in [2.05, 4.69) is 5.10 Å². The van der Waals surface area contributed by atoms with Gasteiger partial charge in [0.1, 0.15) is 28.6 Å². The summed E-state index contributed by atoms with van der Waals surface area (Å²) in [7, 11) is 1.57. The van der Waals surface area contributed by atoms with Crippen LogP contribution < -0.4 is 16.2 Å². The SMILES string of the molecule is COC/C=C/C(=O)N1CCC(n2nc(-c3ccc(Oc4ccccc4)cc3)c(C(N)=O)c2N)C1. The number of anilines is 1. The number of nitrogens with zero attached hydrogens (tertiary/aromatic N) is 3. The second-order valence-electron chi connectivity index (χ2n) is 7.94. The van der Waals surface area contributed by atoms with E-state index in [0.29, 0.717) is 43.1 Å². The zero-order chi connectivity index (χ0) is 24.1. The number of para-hydroxylation sites is 1. The largest absolute Gasteiger partial charge is 0.457 e. The van der Waals surface area contributed by atoms with Crippen LogP contribution in [0.2, 0.25) is 0 Å². The third kappa shape index (κ3) is 4.94. The minimum Gasteiger partial charge on any atom is -0.457 e. The Morgan fingerprint density at radius 2 is 1.82 bits per heavy atom. The van der Waals surface area contributed by atoms with Crippen molar-refractivity contribution < 1.29 is 19.1 Å². The molecule has 1 atom stereocenters. The standard InChI is InChI=1S/C25H27N5O4/c1-33-15-5-8-21(31)29-14-13-18(16-29)30-24(26)22(25(27)32)23(28-30)17-9-11-20(12-10-17)34-19-6-3-2-4-7-19/h2-12,18H,13-16,26H2,1H3,(H2,27,32)/b8-5+. The summed E-state index contributed by atoms with van der Waals surface area (Å²) in [6.07, 6.45) is 3.83. The number of rotatable bonds is 8. The zero-order valence-electron chi connectivity index (χ0n) is 18.9. The fourth-order valence-electron chi connectivity index (χ4n) is 3.97. The van der Waals surface area contributed by atoms with Gasteiger partial charge in [-0.2, -0.15) is 5.10 Å². The van der Waals surface area contributed by atoms with E-state index in [1.54, 1.807) is 34.9 Å². The first-order chi connectivity index (χ1) is 16.5. The molecule has 1 aliphatic rings. The lowest BCUT2D eigenvalue weighted by Gasteiger charge is -2.15. The van der Waals surface area contributed by atoms with Gasteiger partial charge in [-0.05, 0) is 42.8 Å². The number of primary amides is 1. The normalized spacial score (nSPS) is 15.7. The molecule has 4 rings (SSSR count). The molecule has 0 radical (unpaired) electrons. The summed E-state index contributed by atoms with van der Waals surface area (Å²) in [5, 5.41) is 4.64. The second kappa shape index (κ2) is 10.2. The summed E-state index contributed by atoms with van der Waals surface area (Å²) < 4.78 is 12.4. The molecule has 0 aliphatic carbocycles. The first kappa shape index (κ1) is 23.1. The molecule has 3 aromatic rings. The van der Waals surface area contributed by atoms with Gasteiger partial charge in [0.25, 0.3) is 5.91 Å². The van der Waals surface area contributed by atoms with Gasteiger partial charge in [-0.3, -0.25) is 9.59 Å². The van der Waals surface area contributed by atoms with E-state index in [4.69, 9.17) is 20.9 Å². The minimum atomic E-state index is -0.656. The van der Waals surface area contributed by atoms with Gasteiger partial charge < -0.3 is 25.8 Å². The third-order valence-corrected chi connectivity index (χ3v) is 5.64. The summed E-state index contributed by atoms with van der Waals surface area (Å²) in [6.45, 7) is 1.37. The molecule has 1 saturated heterocycles. The molecule has 2 aromatic carbocycles. The summed E-state index contributed by atoms with van der Waals surface area (Å²) in [6, 6.07) is 16.5. The monoisotopic (exact) mass is 461 g/mol. The van der Waals surface area contributed by atoms with Crippen LogP contribution in [0.25, 0.3) is 11.3 Å². The van der Waals surface area contributed by atoms with Crippen molar-refractivity contribution in [2.45, 2.75) is 12.5 Å². The van der Waals surface area contributed by atoms with Crippen LogP contribution in [0.3, 0.4) is 0 Å². The Bertz CT molecular complexity index is 1190. The van der Waals surface area contributed by atoms with Crippen molar-refractivity contribution in [3.05, 3.63) is 72.3 Å². The predicted molar refractivity (Wildman–Crippen MR) is 128 cm³/mol. The average Bonchev–Trinajstić information content (AvgIpc) is 3.45. The van der Waals surface area contributed by atoms with Crippen LogP contribution in [-0.4, -0.2) is 53.3 Å². The average molecular weight is 462 g/mol. The number of carbonyl (C=O) groups is 2. The molecule has 0 saturated carbocycles. The summed E-state index contributed by atoms with van der Waals surface area (Å²) in [5.74, 6) is 0.807. The molecule has 0 spiro atoms. The highest BCUT2D eigenvalue weighted by atomic mass is 16.5. The van der Waals surface area contributed by atoms with Crippen molar-refractivity contribution in [3.8, 4) is 22.8 Å². The van der Waals surface area contributed by atoms with E-state index in [1.807, 2.05) is 42.5 Å². The lowest BCUT2D eigenvalue weighted by molar-refractivity contribution is -0.125. The lowest BCUT2D eigenvalue weighted by atomic mass is 10.1. The van der Waals surface area contributed by atoms with Crippen molar-refractivity contribution in [2.24, 2.45) is 5.73 Å². The van der Waals surface area contributed by atoms with Gasteiger partial charge >= 0.3 is 0 Å². The number of methoxy groups -OCH3 is 1. The molecule has 9 nitrogen and oxygen atoms in total. The maximum atomic E-state index is 12.4. The molecule has 1 aliphatic heterocycles. The van der Waals surface area contributed by atoms with Crippen molar-refractivity contribution in [1.29, 1.82) is 0 Å². The minimum absolute atomic E-state index is 0.102. The molecule has 2 heterocycles. The van der Waals surface area contributed by atoms with E-state index in [1.165, 1.54) is 6.08 Å². The molecule has 34 heavy (non-hydrogen) atoms. The number of hydrogen-bond acceptors (Lipinski definition) is 6. The zero-order valence-corrected chi connectivity index (χ0v) is 18.9. The van der Waals surface area contributed by atoms with Gasteiger partial charge in [0.2, 0.25) is 5.91 Å².